The number of hydrogen-bond donors (Lipinski definition) is 3. The SMILES string of the molecule is Cc1cc(NC(C)CC2CCCCCN2)ccc1O. The summed E-state index contributed by atoms with van der Waals surface area (Å²) in [6.07, 6.45) is 6.47. The van der Waals surface area contributed by atoms with Gasteiger partial charge in [0.2, 0.25) is 0 Å². The summed E-state index contributed by atoms with van der Waals surface area (Å²) >= 11 is 0. The molecule has 0 saturated carbocycles. The van der Waals surface area contributed by atoms with E-state index in [0.717, 1.165) is 24.2 Å². The molecule has 3 nitrogen and oxygen atoms in total. The van der Waals surface area contributed by atoms with Crippen LogP contribution < -0.4 is 10.6 Å². The second-order valence-electron chi connectivity index (χ2n) is 5.78. The van der Waals surface area contributed by atoms with Gasteiger partial charge in [0.25, 0.3) is 0 Å². The van der Waals surface area contributed by atoms with Crippen LogP contribution >= 0.6 is 0 Å². The number of phenols is 1. The van der Waals surface area contributed by atoms with Gasteiger partial charge in [-0.05, 0) is 63.4 Å². The van der Waals surface area contributed by atoms with E-state index in [0.29, 0.717) is 17.8 Å². The van der Waals surface area contributed by atoms with Crippen molar-refractivity contribution in [3.05, 3.63) is 23.8 Å². The molecule has 1 saturated heterocycles. The van der Waals surface area contributed by atoms with Gasteiger partial charge in [-0.25, -0.2) is 0 Å². The molecule has 0 aromatic heterocycles. The molecular weight excluding hydrogens is 236 g/mol. The third-order valence-corrected chi connectivity index (χ3v) is 3.91. The first kappa shape index (κ1) is 14.2. The van der Waals surface area contributed by atoms with Gasteiger partial charge < -0.3 is 15.7 Å². The smallest absolute Gasteiger partial charge is 0.118 e. The Kier molecular flexibility index (Phi) is 5.08. The van der Waals surface area contributed by atoms with E-state index in [2.05, 4.69) is 17.6 Å². The van der Waals surface area contributed by atoms with E-state index in [1.807, 2.05) is 19.1 Å². The number of aryl methyl sites for hydroxylation is 1. The van der Waals surface area contributed by atoms with Crippen molar-refractivity contribution in [2.75, 3.05) is 11.9 Å². The fourth-order valence-electron chi connectivity index (χ4n) is 2.82. The highest BCUT2D eigenvalue weighted by Gasteiger charge is 2.14. The van der Waals surface area contributed by atoms with E-state index < -0.39 is 0 Å². The van der Waals surface area contributed by atoms with Crippen molar-refractivity contribution in [2.45, 2.75) is 58.0 Å². The highest BCUT2D eigenvalue weighted by atomic mass is 16.3. The van der Waals surface area contributed by atoms with Crippen LogP contribution in [-0.4, -0.2) is 23.7 Å². The Balaban J connectivity index is 1.85. The molecule has 2 atom stereocenters. The first-order valence-electron chi connectivity index (χ1n) is 7.44. The van der Waals surface area contributed by atoms with Gasteiger partial charge in [-0.2, -0.15) is 0 Å². The molecule has 1 heterocycles. The summed E-state index contributed by atoms with van der Waals surface area (Å²) in [5.74, 6) is 0.364. The fourth-order valence-corrected chi connectivity index (χ4v) is 2.82. The number of phenolic OH excluding ortho intramolecular Hbond substituents is 1. The largest absolute Gasteiger partial charge is 0.508 e. The van der Waals surface area contributed by atoms with E-state index in [-0.39, 0.29) is 0 Å². The van der Waals surface area contributed by atoms with Gasteiger partial charge in [-0.15, -0.1) is 0 Å². The zero-order valence-corrected chi connectivity index (χ0v) is 12.1. The average Bonchev–Trinajstić information content (AvgIpc) is 2.62. The van der Waals surface area contributed by atoms with Gasteiger partial charge in [0.15, 0.2) is 0 Å². The van der Waals surface area contributed by atoms with Gasteiger partial charge in [0, 0.05) is 17.8 Å². The summed E-state index contributed by atoms with van der Waals surface area (Å²) in [6.45, 7) is 5.32. The highest BCUT2D eigenvalue weighted by molar-refractivity contribution is 5.50. The minimum absolute atomic E-state index is 0.364. The van der Waals surface area contributed by atoms with Crippen molar-refractivity contribution < 1.29 is 5.11 Å². The molecule has 1 aliphatic heterocycles. The maximum absolute atomic E-state index is 9.53. The van der Waals surface area contributed by atoms with Crippen LogP contribution in [0, 0.1) is 6.92 Å². The van der Waals surface area contributed by atoms with Crippen LogP contribution in [0.15, 0.2) is 18.2 Å². The Bertz CT molecular complexity index is 398. The summed E-state index contributed by atoms with van der Waals surface area (Å²) < 4.78 is 0. The van der Waals surface area contributed by atoms with E-state index >= 15 is 0 Å². The topological polar surface area (TPSA) is 44.3 Å². The first-order chi connectivity index (χ1) is 9.15. The number of nitrogens with one attached hydrogen (secondary N) is 2. The standard InChI is InChI=1S/C16H26N2O/c1-12-10-15(7-8-16(12)19)18-13(2)11-14-6-4-3-5-9-17-14/h7-8,10,13-14,17-19H,3-6,9,11H2,1-2H3. The Labute approximate surface area is 116 Å². The third kappa shape index (κ3) is 4.43. The molecule has 0 spiro atoms. The van der Waals surface area contributed by atoms with Crippen molar-refractivity contribution in [1.82, 2.24) is 5.32 Å². The summed E-state index contributed by atoms with van der Waals surface area (Å²) in [6, 6.07) is 6.79. The molecule has 19 heavy (non-hydrogen) atoms. The van der Waals surface area contributed by atoms with Gasteiger partial charge in [0.1, 0.15) is 5.75 Å². The minimum Gasteiger partial charge on any atom is -0.508 e. The van der Waals surface area contributed by atoms with Gasteiger partial charge >= 0.3 is 0 Å². The Morgan fingerprint density at radius 3 is 3.00 bits per heavy atom. The summed E-state index contributed by atoms with van der Waals surface area (Å²) in [5.41, 5.74) is 2.02. The van der Waals surface area contributed by atoms with Crippen LogP contribution in [0.2, 0.25) is 0 Å². The second kappa shape index (κ2) is 6.80. The molecule has 2 unspecified atom stereocenters. The van der Waals surface area contributed by atoms with Crippen LogP contribution in [0.1, 0.15) is 44.6 Å². The van der Waals surface area contributed by atoms with E-state index in [1.54, 1.807) is 6.07 Å². The summed E-state index contributed by atoms with van der Waals surface area (Å²) in [4.78, 5) is 0. The van der Waals surface area contributed by atoms with Crippen LogP contribution in [0.5, 0.6) is 5.75 Å². The van der Waals surface area contributed by atoms with Crippen molar-refractivity contribution in [2.24, 2.45) is 0 Å². The maximum Gasteiger partial charge on any atom is 0.118 e. The van der Waals surface area contributed by atoms with E-state index in [4.69, 9.17) is 0 Å². The molecule has 0 amide bonds. The van der Waals surface area contributed by atoms with Crippen molar-refractivity contribution in [3.63, 3.8) is 0 Å². The monoisotopic (exact) mass is 262 g/mol. The van der Waals surface area contributed by atoms with Crippen LogP contribution in [0.4, 0.5) is 5.69 Å². The highest BCUT2D eigenvalue weighted by Crippen LogP contribution is 2.21. The zero-order chi connectivity index (χ0) is 13.7. The van der Waals surface area contributed by atoms with Crippen molar-refractivity contribution in [3.8, 4) is 5.75 Å². The average molecular weight is 262 g/mol. The molecule has 3 N–H and O–H groups in total. The number of hydrogen-bond acceptors (Lipinski definition) is 3. The zero-order valence-electron chi connectivity index (χ0n) is 12.1. The number of anilines is 1. The molecule has 0 radical (unpaired) electrons. The van der Waals surface area contributed by atoms with Gasteiger partial charge in [-0.3, -0.25) is 0 Å². The number of aromatic hydroxyl groups is 1. The minimum atomic E-state index is 0.364. The quantitative estimate of drug-likeness (QED) is 0.728. The predicted octanol–water partition coefficient (Wildman–Crippen LogP) is 3.42. The van der Waals surface area contributed by atoms with Crippen LogP contribution in [0.25, 0.3) is 0 Å². The van der Waals surface area contributed by atoms with Gasteiger partial charge in [0.05, 0.1) is 0 Å². The Hall–Kier alpha value is -1.22. The normalized spacial score (nSPS) is 21.7. The van der Waals surface area contributed by atoms with Crippen LogP contribution in [0.3, 0.4) is 0 Å². The molecule has 0 aliphatic carbocycles. The van der Waals surface area contributed by atoms with Crippen molar-refractivity contribution >= 4 is 5.69 Å². The molecule has 1 aromatic rings. The fraction of sp³-hybridized carbons (Fsp3) is 0.625. The van der Waals surface area contributed by atoms with Gasteiger partial charge in [-0.1, -0.05) is 12.8 Å². The predicted molar refractivity (Wildman–Crippen MR) is 80.8 cm³/mol. The van der Waals surface area contributed by atoms with E-state index in [1.165, 1.54) is 25.7 Å². The lowest BCUT2D eigenvalue weighted by Gasteiger charge is -2.22. The second-order valence-corrected chi connectivity index (χ2v) is 5.78. The molecular formula is C16H26N2O. The maximum atomic E-state index is 9.53. The molecule has 1 aromatic carbocycles. The summed E-state index contributed by atoms with van der Waals surface area (Å²) in [5, 5.41) is 16.7. The third-order valence-electron chi connectivity index (χ3n) is 3.91. The van der Waals surface area contributed by atoms with Crippen LogP contribution in [-0.2, 0) is 0 Å². The summed E-state index contributed by atoms with van der Waals surface area (Å²) in [7, 11) is 0. The first-order valence-corrected chi connectivity index (χ1v) is 7.44. The molecule has 0 bridgehead atoms. The molecule has 3 heteroatoms. The number of rotatable bonds is 4. The lowest BCUT2D eigenvalue weighted by molar-refractivity contribution is 0.455. The lowest BCUT2D eigenvalue weighted by atomic mass is 10.0. The Morgan fingerprint density at radius 2 is 2.21 bits per heavy atom. The molecule has 1 aliphatic rings. The number of benzene rings is 1. The van der Waals surface area contributed by atoms with Crippen molar-refractivity contribution in [1.29, 1.82) is 0 Å². The molecule has 2 rings (SSSR count). The Morgan fingerprint density at radius 1 is 1.37 bits per heavy atom. The molecule has 106 valence electrons. The molecule has 1 fully saturated rings. The van der Waals surface area contributed by atoms with E-state index in [9.17, 15) is 5.11 Å². The lowest BCUT2D eigenvalue weighted by Crippen LogP contribution is -2.33.